The van der Waals surface area contributed by atoms with Gasteiger partial charge >= 0.3 is 0 Å². The summed E-state index contributed by atoms with van der Waals surface area (Å²) in [5.74, 6) is 1.91. The third kappa shape index (κ3) is 4.59. The van der Waals surface area contributed by atoms with Gasteiger partial charge in [-0.05, 0) is 33.3 Å². The van der Waals surface area contributed by atoms with E-state index in [1.807, 2.05) is 13.8 Å². The molecule has 5 nitrogen and oxygen atoms in total. The number of aliphatic hydroxyl groups excluding tert-OH is 1. The predicted molar refractivity (Wildman–Crippen MR) is 106 cm³/mol. The molecule has 0 aliphatic carbocycles. The van der Waals surface area contributed by atoms with E-state index in [2.05, 4.69) is 52.9 Å². The van der Waals surface area contributed by atoms with Gasteiger partial charge in [0.25, 0.3) is 0 Å². The molecule has 1 fully saturated rings. The van der Waals surface area contributed by atoms with Gasteiger partial charge in [-0.1, -0.05) is 29.8 Å². The highest BCUT2D eigenvalue weighted by Gasteiger charge is 2.22. The zero-order valence-corrected chi connectivity index (χ0v) is 16.4. The summed E-state index contributed by atoms with van der Waals surface area (Å²) in [5, 5.41) is 9.61. The molecule has 5 heteroatoms. The van der Waals surface area contributed by atoms with E-state index in [0.29, 0.717) is 0 Å². The number of rotatable bonds is 5. The maximum atomic E-state index is 9.61. The van der Waals surface area contributed by atoms with Crippen molar-refractivity contribution in [2.75, 3.05) is 37.6 Å². The fourth-order valence-corrected chi connectivity index (χ4v) is 3.61. The van der Waals surface area contributed by atoms with E-state index in [1.165, 1.54) is 16.7 Å². The molecule has 1 aliphatic rings. The molecule has 0 amide bonds. The van der Waals surface area contributed by atoms with E-state index in [1.54, 1.807) is 0 Å². The van der Waals surface area contributed by atoms with Gasteiger partial charge < -0.3 is 10.0 Å². The zero-order valence-electron chi connectivity index (χ0n) is 16.4. The average Bonchev–Trinajstić information content (AvgIpc) is 2.59. The van der Waals surface area contributed by atoms with Gasteiger partial charge in [-0.3, -0.25) is 4.90 Å². The normalized spacial score (nSPS) is 16.7. The van der Waals surface area contributed by atoms with Crippen LogP contribution in [0.1, 0.15) is 35.1 Å². The van der Waals surface area contributed by atoms with E-state index < -0.39 is 0 Å². The molecule has 26 heavy (non-hydrogen) atoms. The van der Waals surface area contributed by atoms with Crippen molar-refractivity contribution in [1.29, 1.82) is 0 Å². The molecule has 3 rings (SSSR count). The molecule has 0 radical (unpaired) electrons. The minimum atomic E-state index is -0.276. The van der Waals surface area contributed by atoms with Crippen molar-refractivity contribution < 1.29 is 5.11 Å². The summed E-state index contributed by atoms with van der Waals surface area (Å²) >= 11 is 0. The number of anilines is 1. The first-order valence-corrected chi connectivity index (χ1v) is 9.47. The smallest absolute Gasteiger partial charge is 0.136 e. The zero-order chi connectivity index (χ0) is 18.7. The van der Waals surface area contributed by atoms with Crippen LogP contribution in [0, 0.1) is 20.8 Å². The number of benzene rings is 1. The van der Waals surface area contributed by atoms with E-state index in [9.17, 15) is 5.11 Å². The lowest BCUT2D eigenvalue weighted by atomic mass is 10.0. The fourth-order valence-electron chi connectivity index (χ4n) is 3.61. The largest absolute Gasteiger partial charge is 0.392 e. The van der Waals surface area contributed by atoms with Crippen LogP contribution < -0.4 is 4.90 Å². The van der Waals surface area contributed by atoms with Crippen LogP contribution in [0.15, 0.2) is 24.3 Å². The lowest BCUT2D eigenvalue weighted by molar-refractivity contribution is 0.122. The van der Waals surface area contributed by atoms with Crippen LogP contribution in [0.2, 0.25) is 0 Å². The predicted octanol–water partition coefficient (Wildman–Crippen LogP) is 2.50. The Bertz CT molecular complexity index is 734. The Hall–Kier alpha value is -1.98. The maximum absolute atomic E-state index is 9.61. The molecule has 0 bridgehead atoms. The monoisotopic (exact) mass is 354 g/mol. The minimum absolute atomic E-state index is 0.276. The molecule has 2 heterocycles. The first-order chi connectivity index (χ1) is 12.4. The quantitative estimate of drug-likeness (QED) is 0.894. The Kier molecular flexibility index (Phi) is 5.89. The molecule has 1 aromatic heterocycles. The lowest BCUT2D eigenvalue weighted by Crippen LogP contribution is -2.48. The van der Waals surface area contributed by atoms with Crippen LogP contribution in [0.4, 0.5) is 5.82 Å². The Balaban J connectivity index is 1.81. The maximum Gasteiger partial charge on any atom is 0.136 e. The molecule has 1 saturated heterocycles. The van der Waals surface area contributed by atoms with Gasteiger partial charge in [0.2, 0.25) is 0 Å². The van der Waals surface area contributed by atoms with Crippen molar-refractivity contribution in [3.8, 4) is 0 Å². The van der Waals surface area contributed by atoms with Crippen LogP contribution >= 0.6 is 0 Å². The van der Waals surface area contributed by atoms with E-state index in [-0.39, 0.29) is 6.10 Å². The Labute approximate surface area is 156 Å². The van der Waals surface area contributed by atoms with Crippen molar-refractivity contribution in [2.24, 2.45) is 0 Å². The summed E-state index contributed by atoms with van der Waals surface area (Å²) in [6, 6.07) is 8.71. The number of aryl methyl sites for hydroxylation is 3. The summed E-state index contributed by atoms with van der Waals surface area (Å²) < 4.78 is 0. The topological polar surface area (TPSA) is 52.5 Å². The first-order valence-electron chi connectivity index (χ1n) is 9.47. The Morgan fingerprint density at radius 1 is 1.00 bits per heavy atom. The summed E-state index contributed by atoms with van der Waals surface area (Å²) in [6.45, 7) is 12.5. The van der Waals surface area contributed by atoms with Gasteiger partial charge in [-0.15, -0.1) is 0 Å². The molecule has 1 unspecified atom stereocenters. The van der Waals surface area contributed by atoms with Crippen molar-refractivity contribution in [2.45, 2.75) is 40.2 Å². The van der Waals surface area contributed by atoms with E-state index >= 15 is 0 Å². The van der Waals surface area contributed by atoms with E-state index in [0.717, 1.165) is 56.5 Å². The number of aliphatic hydroxyl groups is 1. The van der Waals surface area contributed by atoms with Crippen LogP contribution in [0.3, 0.4) is 0 Å². The second-order valence-corrected chi connectivity index (χ2v) is 7.46. The molecule has 1 aliphatic heterocycles. The molecule has 0 spiro atoms. The molecule has 140 valence electrons. The van der Waals surface area contributed by atoms with Gasteiger partial charge in [0.15, 0.2) is 0 Å². The highest BCUT2D eigenvalue weighted by Crippen LogP contribution is 2.25. The van der Waals surface area contributed by atoms with Crippen molar-refractivity contribution in [1.82, 2.24) is 14.9 Å². The Morgan fingerprint density at radius 3 is 2.27 bits per heavy atom. The SMILES string of the molecule is Cc1ccc(Cc2c(C)nc(C)nc2N2CCN(CC(C)O)CC2)cc1. The van der Waals surface area contributed by atoms with Gasteiger partial charge in [0.05, 0.1) is 6.10 Å². The van der Waals surface area contributed by atoms with Gasteiger partial charge in [-0.2, -0.15) is 0 Å². The molecule has 0 saturated carbocycles. The number of β-amino-alcohol motifs (C(OH)–C–C–N with tert-alkyl or cyclic N) is 1. The van der Waals surface area contributed by atoms with E-state index in [4.69, 9.17) is 4.98 Å². The Morgan fingerprint density at radius 2 is 1.65 bits per heavy atom. The first kappa shape index (κ1) is 18.8. The standard InChI is InChI=1S/C21H30N4O/c1-15-5-7-19(8-6-15)13-20-17(3)22-18(4)23-21(20)25-11-9-24(10-12-25)14-16(2)26/h5-8,16,26H,9-14H2,1-4H3. The summed E-state index contributed by atoms with van der Waals surface area (Å²) in [5.41, 5.74) is 4.86. The second-order valence-electron chi connectivity index (χ2n) is 7.46. The van der Waals surface area contributed by atoms with Gasteiger partial charge in [0.1, 0.15) is 11.6 Å². The van der Waals surface area contributed by atoms with Crippen molar-refractivity contribution in [3.63, 3.8) is 0 Å². The summed E-state index contributed by atoms with van der Waals surface area (Å²) in [4.78, 5) is 14.1. The highest BCUT2D eigenvalue weighted by atomic mass is 16.3. The molecule has 1 atom stereocenters. The molecular formula is C21H30N4O. The molecular weight excluding hydrogens is 324 g/mol. The molecule has 2 aromatic rings. The van der Waals surface area contributed by atoms with Crippen LogP contribution in [0.5, 0.6) is 0 Å². The van der Waals surface area contributed by atoms with Crippen LogP contribution in [-0.2, 0) is 6.42 Å². The molecule has 1 N–H and O–H groups in total. The number of hydrogen-bond acceptors (Lipinski definition) is 5. The summed E-state index contributed by atoms with van der Waals surface area (Å²) in [6.07, 6.45) is 0.581. The molecule has 1 aromatic carbocycles. The fraction of sp³-hybridized carbons (Fsp3) is 0.524. The van der Waals surface area contributed by atoms with Crippen LogP contribution in [-0.4, -0.2) is 58.8 Å². The van der Waals surface area contributed by atoms with Gasteiger partial charge in [-0.25, -0.2) is 9.97 Å². The third-order valence-corrected chi connectivity index (χ3v) is 5.00. The number of nitrogens with zero attached hydrogens (tertiary/aromatic N) is 4. The number of hydrogen-bond donors (Lipinski definition) is 1. The highest BCUT2D eigenvalue weighted by molar-refractivity contribution is 5.51. The summed E-state index contributed by atoms with van der Waals surface area (Å²) in [7, 11) is 0. The van der Waals surface area contributed by atoms with Gasteiger partial charge in [0, 0.05) is 50.4 Å². The van der Waals surface area contributed by atoms with Crippen molar-refractivity contribution >= 4 is 5.82 Å². The second kappa shape index (κ2) is 8.14. The van der Waals surface area contributed by atoms with Crippen molar-refractivity contribution in [3.05, 3.63) is 52.5 Å². The van der Waals surface area contributed by atoms with Crippen LogP contribution in [0.25, 0.3) is 0 Å². The lowest BCUT2D eigenvalue weighted by Gasteiger charge is -2.37. The average molecular weight is 354 g/mol. The minimum Gasteiger partial charge on any atom is -0.392 e. The third-order valence-electron chi connectivity index (χ3n) is 5.00. The number of piperazine rings is 1. The number of aromatic nitrogens is 2.